The van der Waals surface area contributed by atoms with Crippen molar-refractivity contribution < 1.29 is 9.53 Å². The lowest BCUT2D eigenvalue weighted by Gasteiger charge is -2.37. The predicted octanol–water partition coefficient (Wildman–Crippen LogP) is 4.18. The molecule has 0 bridgehead atoms. The van der Waals surface area contributed by atoms with Crippen molar-refractivity contribution in [3.05, 3.63) is 71.3 Å². The van der Waals surface area contributed by atoms with Gasteiger partial charge in [0, 0.05) is 49.0 Å². The maximum atomic E-state index is 12.7. The highest BCUT2D eigenvalue weighted by molar-refractivity contribution is 6.01. The van der Waals surface area contributed by atoms with Gasteiger partial charge in [-0.3, -0.25) is 4.79 Å². The van der Waals surface area contributed by atoms with Gasteiger partial charge in [0.25, 0.3) is 5.91 Å². The molecule has 1 amide bonds. The Morgan fingerprint density at radius 3 is 2.47 bits per heavy atom. The minimum Gasteiger partial charge on any atom is -0.483 e. The number of carbonyl (C=O) groups excluding carboxylic acids is 1. The first-order valence-electron chi connectivity index (χ1n) is 10.3. The van der Waals surface area contributed by atoms with E-state index in [9.17, 15) is 4.79 Å². The summed E-state index contributed by atoms with van der Waals surface area (Å²) in [5.41, 5.74) is 4.62. The van der Waals surface area contributed by atoms with Gasteiger partial charge in [-0.15, -0.1) is 0 Å². The Bertz CT molecular complexity index is 1080. The van der Waals surface area contributed by atoms with E-state index in [0.29, 0.717) is 18.8 Å². The SMILES string of the molecule is Cc1ccc(C)c(N2CCN(C(=O)COc3ccc(C=N)c4ccccc34)CC2)c1. The number of aryl methyl sites for hydroxylation is 2. The lowest BCUT2D eigenvalue weighted by Crippen LogP contribution is -2.50. The molecule has 1 aliphatic heterocycles. The molecule has 30 heavy (non-hydrogen) atoms. The highest BCUT2D eigenvalue weighted by Crippen LogP contribution is 2.28. The standard InChI is InChI=1S/C25H27N3O2/c1-18-7-8-19(2)23(15-18)27-11-13-28(14-12-27)25(29)17-30-24-10-9-20(16-26)21-5-3-4-6-22(21)24/h3-10,15-16,26H,11-14,17H2,1-2H3. The van der Waals surface area contributed by atoms with Crippen LogP contribution < -0.4 is 9.64 Å². The second-order valence-corrected chi connectivity index (χ2v) is 7.79. The van der Waals surface area contributed by atoms with E-state index in [1.807, 2.05) is 41.3 Å². The van der Waals surface area contributed by atoms with Crippen LogP contribution in [0.25, 0.3) is 10.8 Å². The Balaban J connectivity index is 1.39. The van der Waals surface area contributed by atoms with E-state index in [1.54, 1.807) is 0 Å². The summed E-state index contributed by atoms with van der Waals surface area (Å²) in [5.74, 6) is 0.689. The smallest absolute Gasteiger partial charge is 0.260 e. The number of amides is 1. The van der Waals surface area contributed by atoms with E-state index in [4.69, 9.17) is 10.1 Å². The molecule has 0 aromatic heterocycles. The zero-order chi connectivity index (χ0) is 21.1. The number of anilines is 1. The molecule has 1 N–H and O–H groups in total. The zero-order valence-electron chi connectivity index (χ0n) is 17.5. The van der Waals surface area contributed by atoms with E-state index in [0.717, 1.165) is 29.4 Å². The minimum absolute atomic E-state index is 0.0100. The molecule has 0 atom stereocenters. The summed E-state index contributed by atoms with van der Waals surface area (Å²) in [6.45, 7) is 7.32. The highest BCUT2D eigenvalue weighted by Gasteiger charge is 2.22. The molecule has 1 fully saturated rings. The van der Waals surface area contributed by atoms with Gasteiger partial charge in [-0.2, -0.15) is 0 Å². The number of hydrogen-bond acceptors (Lipinski definition) is 4. The van der Waals surface area contributed by atoms with Gasteiger partial charge < -0.3 is 19.9 Å². The number of fused-ring (bicyclic) bond motifs is 1. The fraction of sp³-hybridized carbons (Fsp3) is 0.280. The van der Waals surface area contributed by atoms with Gasteiger partial charge in [0.05, 0.1) is 0 Å². The second kappa shape index (κ2) is 8.57. The van der Waals surface area contributed by atoms with Gasteiger partial charge in [-0.1, -0.05) is 36.4 Å². The monoisotopic (exact) mass is 401 g/mol. The number of nitrogens with one attached hydrogen (secondary N) is 1. The van der Waals surface area contributed by atoms with Crippen LogP contribution in [0.4, 0.5) is 5.69 Å². The maximum absolute atomic E-state index is 12.7. The number of hydrogen-bond donors (Lipinski definition) is 1. The molecule has 4 rings (SSSR count). The average Bonchev–Trinajstić information content (AvgIpc) is 2.79. The van der Waals surface area contributed by atoms with E-state index < -0.39 is 0 Å². The number of nitrogens with zero attached hydrogens (tertiary/aromatic N) is 2. The molecule has 1 saturated heterocycles. The number of benzene rings is 3. The third-order valence-corrected chi connectivity index (χ3v) is 5.76. The lowest BCUT2D eigenvalue weighted by molar-refractivity contribution is -0.133. The number of rotatable bonds is 5. The van der Waals surface area contributed by atoms with Crippen molar-refractivity contribution in [1.29, 1.82) is 5.41 Å². The molecule has 0 saturated carbocycles. The van der Waals surface area contributed by atoms with E-state index in [1.165, 1.54) is 23.0 Å². The quantitative estimate of drug-likeness (QED) is 0.653. The van der Waals surface area contributed by atoms with Crippen LogP contribution in [-0.4, -0.2) is 49.8 Å². The van der Waals surface area contributed by atoms with Gasteiger partial charge in [0.2, 0.25) is 0 Å². The number of piperazine rings is 1. The molecule has 5 nitrogen and oxygen atoms in total. The summed E-state index contributed by atoms with van der Waals surface area (Å²) in [6, 6.07) is 18.0. The lowest BCUT2D eigenvalue weighted by atomic mass is 10.0. The molecule has 0 unspecified atom stereocenters. The van der Waals surface area contributed by atoms with Crippen molar-refractivity contribution in [1.82, 2.24) is 4.90 Å². The van der Waals surface area contributed by atoms with Crippen molar-refractivity contribution in [3.63, 3.8) is 0 Å². The molecule has 1 aliphatic rings. The summed E-state index contributed by atoms with van der Waals surface area (Å²) < 4.78 is 5.90. The average molecular weight is 402 g/mol. The summed E-state index contributed by atoms with van der Waals surface area (Å²) in [5, 5.41) is 9.45. The normalized spacial score (nSPS) is 14.1. The molecule has 1 heterocycles. The Hall–Kier alpha value is -3.34. The topological polar surface area (TPSA) is 56.6 Å². The second-order valence-electron chi connectivity index (χ2n) is 7.79. The summed E-state index contributed by atoms with van der Waals surface area (Å²) >= 11 is 0. The van der Waals surface area contributed by atoms with Gasteiger partial charge >= 0.3 is 0 Å². The van der Waals surface area contributed by atoms with E-state index in [2.05, 4.69) is 36.9 Å². The van der Waals surface area contributed by atoms with Gasteiger partial charge in [-0.25, -0.2) is 0 Å². The Labute approximate surface area is 177 Å². The first-order chi connectivity index (χ1) is 14.6. The molecular formula is C25H27N3O2. The van der Waals surface area contributed by atoms with Crippen LogP contribution in [0.2, 0.25) is 0 Å². The van der Waals surface area contributed by atoms with Crippen LogP contribution in [0.15, 0.2) is 54.6 Å². The van der Waals surface area contributed by atoms with Crippen LogP contribution in [0, 0.1) is 19.3 Å². The molecule has 3 aromatic carbocycles. The molecule has 0 aliphatic carbocycles. The van der Waals surface area contributed by atoms with Crippen molar-refractivity contribution in [3.8, 4) is 5.75 Å². The zero-order valence-corrected chi connectivity index (χ0v) is 17.5. The fourth-order valence-electron chi connectivity index (χ4n) is 4.03. The Morgan fingerprint density at radius 1 is 1.00 bits per heavy atom. The van der Waals surface area contributed by atoms with Crippen LogP contribution in [0.1, 0.15) is 16.7 Å². The maximum Gasteiger partial charge on any atom is 0.260 e. The van der Waals surface area contributed by atoms with Crippen LogP contribution >= 0.6 is 0 Å². The molecule has 154 valence electrons. The van der Waals surface area contributed by atoms with Gasteiger partial charge in [-0.05, 0) is 48.6 Å². The summed E-state index contributed by atoms with van der Waals surface area (Å²) in [6.07, 6.45) is 1.34. The van der Waals surface area contributed by atoms with Crippen molar-refractivity contribution >= 4 is 28.6 Å². The predicted molar refractivity (Wildman–Crippen MR) is 122 cm³/mol. The largest absolute Gasteiger partial charge is 0.483 e. The van der Waals surface area contributed by atoms with E-state index in [-0.39, 0.29) is 12.5 Å². The van der Waals surface area contributed by atoms with E-state index >= 15 is 0 Å². The minimum atomic E-state index is 0.0100. The number of ether oxygens (including phenoxy) is 1. The van der Waals surface area contributed by atoms with Gasteiger partial charge in [0.15, 0.2) is 6.61 Å². The molecule has 0 radical (unpaired) electrons. The molecule has 3 aromatic rings. The van der Waals surface area contributed by atoms with Crippen LogP contribution in [0.5, 0.6) is 5.75 Å². The summed E-state index contributed by atoms with van der Waals surface area (Å²) in [7, 11) is 0. The molecular weight excluding hydrogens is 374 g/mol. The van der Waals surface area contributed by atoms with Crippen molar-refractivity contribution in [2.24, 2.45) is 0 Å². The summed E-state index contributed by atoms with van der Waals surface area (Å²) in [4.78, 5) is 17.0. The van der Waals surface area contributed by atoms with Crippen LogP contribution in [0.3, 0.4) is 0 Å². The fourth-order valence-corrected chi connectivity index (χ4v) is 4.03. The third kappa shape index (κ3) is 4.01. The van der Waals surface area contributed by atoms with Gasteiger partial charge in [0.1, 0.15) is 5.75 Å². The first-order valence-corrected chi connectivity index (χ1v) is 10.3. The first kappa shape index (κ1) is 20.0. The van der Waals surface area contributed by atoms with Crippen molar-refractivity contribution in [2.75, 3.05) is 37.7 Å². The third-order valence-electron chi connectivity index (χ3n) is 5.76. The van der Waals surface area contributed by atoms with Crippen molar-refractivity contribution in [2.45, 2.75) is 13.8 Å². The Morgan fingerprint density at radius 2 is 1.73 bits per heavy atom. The van der Waals surface area contributed by atoms with Crippen LogP contribution in [-0.2, 0) is 4.79 Å². The molecule has 0 spiro atoms. The number of carbonyl (C=O) groups is 1. The Kier molecular flexibility index (Phi) is 5.70. The highest BCUT2D eigenvalue weighted by atomic mass is 16.5. The molecule has 5 heteroatoms.